The van der Waals surface area contributed by atoms with E-state index in [1.54, 1.807) is 26.0 Å². The molecule has 0 aromatic heterocycles. The number of hydrogen-bond donors (Lipinski definition) is 4. The van der Waals surface area contributed by atoms with E-state index in [2.05, 4.69) is 16.0 Å². The molecule has 0 bridgehead atoms. The van der Waals surface area contributed by atoms with E-state index in [-0.39, 0.29) is 49.9 Å². The standard InChI is InChI=1S/C44H53N5O8/c1-30-15-14-16-31(2)41(30)44(56)57-29-37(50)34(21-11-12-25-45)47-43(55)36(28-33-19-8-4-9-20-33)48-42(54)35(27-32-17-6-3-7-18-32)46-38(51)22-10-5-13-26-49-39(52)23-24-40(49)53/h3-4,6-9,14-20,23-24,34-36H,5,10-13,21-22,25-29,45H2,1-2H3,(H,46,51)(H,47,55)(H,48,54)/t34-,35-,36-/m0/s1. The van der Waals surface area contributed by atoms with Crippen LogP contribution in [0, 0.1) is 13.8 Å². The molecule has 3 aromatic rings. The zero-order valence-corrected chi connectivity index (χ0v) is 32.7. The Morgan fingerprint density at radius 3 is 1.75 bits per heavy atom. The average Bonchev–Trinajstić information content (AvgIpc) is 3.52. The number of aryl methyl sites for hydroxylation is 2. The van der Waals surface area contributed by atoms with E-state index in [1.165, 1.54) is 12.2 Å². The maximum atomic E-state index is 14.1. The first-order valence-corrected chi connectivity index (χ1v) is 19.4. The Morgan fingerprint density at radius 1 is 0.649 bits per heavy atom. The molecular weight excluding hydrogens is 727 g/mol. The van der Waals surface area contributed by atoms with Crippen LogP contribution in [0.1, 0.15) is 77.6 Å². The van der Waals surface area contributed by atoms with Gasteiger partial charge in [-0.25, -0.2) is 4.79 Å². The predicted octanol–water partition coefficient (Wildman–Crippen LogP) is 3.58. The molecular formula is C44H53N5O8. The minimum Gasteiger partial charge on any atom is -0.454 e. The monoisotopic (exact) mass is 779 g/mol. The molecule has 0 spiro atoms. The van der Waals surface area contributed by atoms with Gasteiger partial charge in [0.15, 0.2) is 12.4 Å². The minimum atomic E-state index is -1.14. The number of nitrogens with one attached hydrogen (secondary N) is 3. The molecule has 1 heterocycles. The Morgan fingerprint density at radius 2 is 1.19 bits per heavy atom. The van der Waals surface area contributed by atoms with Crippen LogP contribution in [-0.4, -0.2) is 84.0 Å². The molecule has 5 N–H and O–H groups in total. The summed E-state index contributed by atoms with van der Waals surface area (Å²) in [6.07, 6.45) is 5.74. The second-order valence-electron chi connectivity index (χ2n) is 14.2. The van der Waals surface area contributed by atoms with Crippen molar-refractivity contribution in [3.05, 3.63) is 119 Å². The molecule has 4 rings (SSSR count). The molecule has 57 heavy (non-hydrogen) atoms. The lowest BCUT2D eigenvalue weighted by molar-refractivity contribution is -0.137. The molecule has 3 aromatic carbocycles. The number of carbonyl (C=O) groups excluding carboxylic acids is 7. The molecule has 1 aliphatic heterocycles. The highest BCUT2D eigenvalue weighted by Gasteiger charge is 2.31. The van der Waals surface area contributed by atoms with Crippen LogP contribution < -0.4 is 21.7 Å². The maximum absolute atomic E-state index is 14.1. The van der Waals surface area contributed by atoms with E-state index in [0.717, 1.165) is 16.0 Å². The summed E-state index contributed by atoms with van der Waals surface area (Å²) in [4.78, 5) is 92.6. The molecule has 302 valence electrons. The number of nitrogens with two attached hydrogens (primary N) is 1. The summed E-state index contributed by atoms with van der Waals surface area (Å²) < 4.78 is 5.43. The molecule has 0 radical (unpaired) electrons. The zero-order valence-electron chi connectivity index (χ0n) is 32.7. The van der Waals surface area contributed by atoms with Crippen molar-refractivity contribution in [2.75, 3.05) is 19.7 Å². The van der Waals surface area contributed by atoms with Gasteiger partial charge in [0.25, 0.3) is 11.8 Å². The molecule has 0 saturated heterocycles. The number of rotatable bonds is 23. The van der Waals surface area contributed by atoms with Crippen LogP contribution >= 0.6 is 0 Å². The van der Waals surface area contributed by atoms with Crippen molar-refractivity contribution < 1.29 is 38.3 Å². The number of ether oxygens (including phenoxy) is 1. The van der Waals surface area contributed by atoms with Gasteiger partial charge in [-0.05, 0) is 74.8 Å². The van der Waals surface area contributed by atoms with Gasteiger partial charge >= 0.3 is 5.97 Å². The number of amides is 5. The van der Waals surface area contributed by atoms with Gasteiger partial charge in [-0.1, -0.05) is 85.3 Å². The summed E-state index contributed by atoms with van der Waals surface area (Å²) >= 11 is 0. The Labute approximate surface area is 333 Å². The minimum absolute atomic E-state index is 0.0905. The molecule has 0 fully saturated rings. The Hall–Kier alpha value is -5.95. The molecule has 0 unspecified atom stereocenters. The SMILES string of the molecule is Cc1cccc(C)c1C(=O)OCC(=O)[C@H](CCCCN)NC(=O)[C@H](Cc1ccccc1)NC(=O)[C@H](Cc1ccccc1)NC(=O)CCCCCN1C(=O)C=CC1=O. The van der Waals surface area contributed by atoms with Crippen molar-refractivity contribution in [2.45, 2.75) is 89.8 Å². The summed E-state index contributed by atoms with van der Waals surface area (Å²) in [5.74, 6) is -3.42. The van der Waals surface area contributed by atoms with Gasteiger partial charge in [0.1, 0.15) is 12.1 Å². The molecule has 5 amide bonds. The Bertz CT molecular complexity index is 1860. The molecule has 13 heteroatoms. The molecule has 3 atom stereocenters. The van der Waals surface area contributed by atoms with Crippen LogP contribution in [0.15, 0.2) is 91.0 Å². The first-order valence-electron chi connectivity index (χ1n) is 19.4. The lowest BCUT2D eigenvalue weighted by atomic mass is 10.0. The number of ketones is 1. The van der Waals surface area contributed by atoms with Crippen molar-refractivity contribution in [1.29, 1.82) is 0 Å². The third-order valence-electron chi connectivity index (χ3n) is 9.72. The van der Waals surface area contributed by atoms with Gasteiger partial charge < -0.3 is 26.4 Å². The molecule has 0 saturated carbocycles. The van der Waals surface area contributed by atoms with E-state index in [1.807, 2.05) is 66.7 Å². The summed E-state index contributed by atoms with van der Waals surface area (Å²) in [7, 11) is 0. The van der Waals surface area contributed by atoms with Crippen molar-refractivity contribution >= 4 is 41.3 Å². The van der Waals surface area contributed by atoms with Crippen molar-refractivity contribution in [2.24, 2.45) is 5.73 Å². The second-order valence-corrected chi connectivity index (χ2v) is 14.2. The second kappa shape index (κ2) is 22.6. The van der Waals surface area contributed by atoms with E-state index < -0.39 is 48.3 Å². The summed E-state index contributed by atoms with van der Waals surface area (Å²) in [5, 5.41) is 8.49. The van der Waals surface area contributed by atoms with E-state index in [4.69, 9.17) is 10.5 Å². The summed E-state index contributed by atoms with van der Waals surface area (Å²) in [6.45, 7) is 3.64. The van der Waals surface area contributed by atoms with Crippen molar-refractivity contribution in [3.63, 3.8) is 0 Å². The topological polar surface area (TPSA) is 194 Å². The van der Waals surface area contributed by atoms with E-state index in [0.29, 0.717) is 55.3 Å². The maximum Gasteiger partial charge on any atom is 0.339 e. The van der Waals surface area contributed by atoms with Crippen LogP contribution in [0.5, 0.6) is 0 Å². The third kappa shape index (κ3) is 13.9. The van der Waals surface area contributed by atoms with Gasteiger partial charge in [-0.15, -0.1) is 0 Å². The number of nitrogens with zero attached hydrogens (tertiary/aromatic N) is 1. The smallest absolute Gasteiger partial charge is 0.339 e. The van der Waals surface area contributed by atoms with Gasteiger partial charge in [0.2, 0.25) is 17.7 Å². The first kappa shape index (κ1) is 43.8. The normalized spacial score (nSPS) is 13.8. The van der Waals surface area contributed by atoms with Crippen molar-refractivity contribution in [1.82, 2.24) is 20.9 Å². The highest BCUT2D eigenvalue weighted by atomic mass is 16.5. The first-order chi connectivity index (χ1) is 27.5. The number of imide groups is 1. The van der Waals surface area contributed by atoms with Crippen LogP contribution in [0.2, 0.25) is 0 Å². The quantitative estimate of drug-likeness (QED) is 0.0633. The number of esters is 1. The van der Waals surface area contributed by atoms with Crippen LogP contribution in [0.4, 0.5) is 0 Å². The fourth-order valence-electron chi connectivity index (χ4n) is 6.57. The molecule has 1 aliphatic rings. The predicted molar refractivity (Wildman–Crippen MR) is 215 cm³/mol. The lowest BCUT2D eigenvalue weighted by Gasteiger charge is -2.26. The van der Waals surface area contributed by atoms with Crippen LogP contribution in [0.3, 0.4) is 0 Å². The van der Waals surface area contributed by atoms with Gasteiger partial charge in [-0.3, -0.25) is 33.7 Å². The Kier molecular flexibility index (Phi) is 17.3. The zero-order chi connectivity index (χ0) is 41.2. The fraction of sp³-hybridized carbons (Fsp3) is 0.386. The lowest BCUT2D eigenvalue weighted by Crippen LogP contribution is -2.57. The third-order valence-corrected chi connectivity index (χ3v) is 9.72. The molecule has 0 aliphatic carbocycles. The van der Waals surface area contributed by atoms with Gasteiger partial charge in [0, 0.05) is 38.0 Å². The number of carbonyl (C=O) groups is 7. The van der Waals surface area contributed by atoms with Crippen LogP contribution in [-0.2, 0) is 46.3 Å². The van der Waals surface area contributed by atoms with Gasteiger partial charge in [-0.2, -0.15) is 0 Å². The Balaban J connectivity index is 1.45. The van der Waals surface area contributed by atoms with Crippen LogP contribution in [0.25, 0.3) is 0 Å². The number of hydrogen-bond acceptors (Lipinski definition) is 9. The fourth-order valence-corrected chi connectivity index (χ4v) is 6.57. The summed E-state index contributed by atoms with van der Waals surface area (Å²) in [5.41, 5.74) is 9.06. The van der Waals surface area contributed by atoms with E-state index >= 15 is 0 Å². The highest BCUT2D eigenvalue weighted by molar-refractivity contribution is 6.12. The molecule has 13 nitrogen and oxygen atoms in total. The number of benzene rings is 3. The largest absolute Gasteiger partial charge is 0.454 e. The van der Waals surface area contributed by atoms with E-state index in [9.17, 15) is 33.6 Å². The number of Topliss-reactive ketones (excluding diaryl/α,β-unsaturated/α-hetero) is 1. The van der Waals surface area contributed by atoms with Crippen molar-refractivity contribution in [3.8, 4) is 0 Å². The van der Waals surface area contributed by atoms with Gasteiger partial charge in [0.05, 0.1) is 11.6 Å². The average molecular weight is 780 g/mol. The highest BCUT2D eigenvalue weighted by Crippen LogP contribution is 2.16. The number of unbranched alkanes of at least 4 members (excludes halogenated alkanes) is 3. The summed E-state index contributed by atoms with van der Waals surface area (Å²) in [6, 6.07) is 20.4.